The van der Waals surface area contributed by atoms with Gasteiger partial charge in [0.1, 0.15) is 5.69 Å². The van der Waals surface area contributed by atoms with Gasteiger partial charge >= 0.3 is 5.97 Å². The minimum Gasteiger partial charge on any atom is -0.448 e. The first-order valence-corrected chi connectivity index (χ1v) is 8.89. The van der Waals surface area contributed by atoms with Crippen LogP contribution in [0.4, 0.5) is 0 Å². The lowest BCUT2D eigenvalue weighted by molar-refractivity contribution is -0.130. The number of nitrogens with one attached hydrogen (secondary N) is 1. The maximum absolute atomic E-state index is 12.4. The molecule has 1 amide bonds. The van der Waals surface area contributed by atoms with E-state index in [2.05, 4.69) is 19.2 Å². The van der Waals surface area contributed by atoms with Crippen LogP contribution in [0.15, 0.2) is 12.3 Å². The molecule has 0 spiro atoms. The number of hydrogen-bond acceptors (Lipinski definition) is 4. The molecule has 1 aliphatic rings. The fraction of sp³-hybridized carbons (Fsp3) is 0.632. The molecule has 25 heavy (non-hydrogen) atoms. The highest BCUT2D eigenvalue weighted by Crippen LogP contribution is 2.29. The molecule has 1 aromatic rings. The summed E-state index contributed by atoms with van der Waals surface area (Å²) >= 11 is 0. The first-order valence-electron chi connectivity index (χ1n) is 8.89. The number of aromatic nitrogens is 1. The van der Waals surface area contributed by atoms with E-state index in [1.54, 1.807) is 20.2 Å². The van der Waals surface area contributed by atoms with E-state index in [0.717, 1.165) is 12.8 Å². The first-order chi connectivity index (χ1) is 11.7. The maximum atomic E-state index is 12.4. The summed E-state index contributed by atoms with van der Waals surface area (Å²) in [7, 11) is 1.67. The Morgan fingerprint density at radius 1 is 1.28 bits per heavy atom. The van der Waals surface area contributed by atoms with Gasteiger partial charge < -0.3 is 14.6 Å². The second-order valence-electron chi connectivity index (χ2n) is 7.21. The molecule has 0 aromatic carbocycles. The Morgan fingerprint density at radius 3 is 2.56 bits per heavy atom. The molecule has 0 radical (unpaired) electrons. The molecule has 2 rings (SSSR count). The molecular formula is C19H28N2O4. The van der Waals surface area contributed by atoms with Crippen molar-refractivity contribution in [3.63, 3.8) is 0 Å². The number of Topliss-reactive ketones (excluding diaryl/α,β-unsaturated/α-hetero) is 1. The molecule has 1 aliphatic carbocycles. The minimum atomic E-state index is -0.882. The van der Waals surface area contributed by atoms with Gasteiger partial charge in [-0.2, -0.15) is 0 Å². The van der Waals surface area contributed by atoms with Crippen molar-refractivity contribution in [3.05, 3.63) is 23.5 Å². The zero-order chi connectivity index (χ0) is 18.7. The van der Waals surface area contributed by atoms with Gasteiger partial charge in [0.25, 0.3) is 5.91 Å². The summed E-state index contributed by atoms with van der Waals surface area (Å²) in [6, 6.07) is 1.61. The van der Waals surface area contributed by atoms with Crippen molar-refractivity contribution in [2.75, 3.05) is 0 Å². The van der Waals surface area contributed by atoms with Crippen molar-refractivity contribution < 1.29 is 19.1 Å². The number of hydrogen-bond donors (Lipinski definition) is 1. The summed E-state index contributed by atoms with van der Waals surface area (Å²) in [6.07, 6.45) is 3.94. The molecule has 138 valence electrons. The third-order valence-electron chi connectivity index (χ3n) is 5.31. The van der Waals surface area contributed by atoms with Crippen molar-refractivity contribution in [1.29, 1.82) is 0 Å². The lowest BCUT2D eigenvalue weighted by Crippen LogP contribution is -2.47. The van der Waals surface area contributed by atoms with E-state index in [0.29, 0.717) is 17.4 Å². The number of ether oxygens (including phenoxy) is 1. The van der Waals surface area contributed by atoms with Crippen LogP contribution < -0.4 is 5.32 Å². The molecule has 6 heteroatoms. The predicted octanol–water partition coefficient (Wildman–Crippen LogP) is 2.71. The molecule has 0 aliphatic heterocycles. The topological polar surface area (TPSA) is 77.4 Å². The van der Waals surface area contributed by atoms with Gasteiger partial charge in [0.15, 0.2) is 11.9 Å². The third-order valence-corrected chi connectivity index (χ3v) is 5.31. The molecule has 1 aromatic heterocycles. The first kappa shape index (κ1) is 19.2. The van der Waals surface area contributed by atoms with E-state index in [9.17, 15) is 14.4 Å². The van der Waals surface area contributed by atoms with Gasteiger partial charge in [-0.1, -0.05) is 26.7 Å². The summed E-state index contributed by atoms with van der Waals surface area (Å²) in [5.41, 5.74) is 0.695. The minimum absolute atomic E-state index is 0.122. The molecule has 4 atom stereocenters. The highest BCUT2D eigenvalue weighted by molar-refractivity contribution is 5.98. The number of amides is 1. The van der Waals surface area contributed by atoms with Crippen LogP contribution in [0.5, 0.6) is 0 Å². The normalized spacial score (nSPS) is 24.4. The van der Waals surface area contributed by atoms with Gasteiger partial charge in [0.05, 0.1) is 0 Å². The molecule has 1 N–H and O–H groups in total. The number of esters is 1. The van der Waals surface area contributed by atoms with Gasteiger partial charge in [-0.05, 0) is 38.2 Å². The van der Waals surface area contributed by atoms with Gasteiger partial charge in [0.2, 0.25) is 0 Å². The van der Waals surface area contributed by atoms with Crippen molar-refractivity contribution >= 4 is 17.7 Å². The third kappa shape index (κ3) is 4.50. The molecular weight excluding hydrogens is 320 g/mol. The van der Waals surface area contributed by atoms with Gasteiger partial charge in [-0.15, -0.1) is 0 Å². The number of carbonyl (C=O) groups excluding carboxylic acids is 3. The smallest absolute Gasteiger partial charge is 0.355 e. The predicted molar refractivity (Wildman–Crippen MR) is 94.4 cm³/mol. The van der Waals surface area contributed by atoms with Crippen molar-refractivity contribution in [2.45, 2.75) is 59.1 Å². The molecule has 0 saturated heterocycles. The number of ketones is 1. The Bertz CT molecular complexity index is 664. The van der Waals surface area contributed by atoms with Crippen LogP contribution in [0.2, 0.25) is 0 Å². The van der Waals surface area contributed by atoms with E-state index >= 15 is 0 Å². The second-order valence-corrected chi connectivity index (χ2v) is 7.21. The quantitative estimate of drug-likeness (QED) is 0.655. The Balaban J connectivity index is 1.96. The van der Waals surface area contributed by atoms with E-state index < -0.39 is 12.1 Å². The summed E-state index contributed by atoms with van der Waals surface area (Å²) in [6.45, 7) is 7.36. The average molecular weight is 348 g/mol. The zero-order valence-corrected chi connectivity index (χ0v) is 15.7. The Hall–Kier alpha value is -2.11. The molecule has 6 nitrogen and oxygen atoms in total. The highest BCUT2D eigenvalue weighted by Gasteiger charge is 2.30. The fourth-order valence-corrected chi connectivity index (χ4v) is 3.32. The summed E-state index contributed by atoms with van der Waals surface area (Å²) in [5, 5.41) is 3.02. The number of nitrogens with zero attached hydrogens (tertiary/aromatic N) is 1. The van der Waals surface area contributed by atoms with Crippen LogP contribution in [0.1, 0.15) is 67.8 Å². The van der Waals surface area contributed by atoms with Crippen LogP contribution in [0.25, 0.3) is 0 Å². The molecule has 1 saturated carbocycles. The van der Waals surface area contributed by atoms with Gasteiger partial charge in [-0.3, -0.25) is 9.59 Å². The average Bonchev–Trinajstić information content (AvgIpc) is 2.94. The lowest BCUT2D eigenvalue weighted by atomic mass is 9.78. The van der Waals surface area contributed by atoms with Crippen LogP contribution >= 0.6 is 0 Å². The van der Waals surface area contributed by atoms with E-state index in [1.807, 2.05) is 0 Å². The summed E-state index contributed by atoms with van der Waals surface area (Å²) in [5.74, 6) is -0.0271. The molecule has 0 bridgehead atoms. The van der Waals surface area contributed by atoms with E-state index in [1.165, 1.54) is 24.0 Å². The molecule has 1 heterocycles. The lowest BCUT2D eigenvalue weighted by Gasteiger charge is -2.35. The maximum Gasteiger partial charge on any atom is 0.355 e. The second kappa shape index (κ2) is 7.85. The molecule has 0 unspecified atom stereocenters. The van der Waals surface area contributed by atoms with Crippen LogP contribution in [0, 0.1) is 11.8 Å². The van der Waals surface area contributed by atoms with Crippen molar-refractivity contribution in [2.24, 2.45) is 18.9 Å². The van der Waals surface area contributed by atoms with Crippen molar-refractivity contribution in [1.82, 2.24) is 9.88 Å². The van der Waals surface area contributed by atoms with Crippen molar-refractivity contribution in [3.8, 4) is 0 Å². The Labute approximate surface area is 148 Å². The highest BCUT2D eigenvalue weighted by atomic mass is 16.5. The Kier molecular flexibility index (Phi) is 6.03. The van der Waals surface area contributed by atoms with Crippen LogP contribution in [-0.2, 0) is 16.6 Å². The van der Waals surface area contributed by atoms with Crippen LogP contribution in [-0.4, -0.2) is 34.4 Å². The van der Waals surface area contributed by atoms with Crippen LogP contribution in [0.3, 0.4) is 0 Å². The number of carbonyl (C=O) groups is 3. The largest absolute Gasteiger partial charge is 0.448 e. The van der Waals surface area contributed by atoms with Gasteiger partial charge in [0, 0.05) is 24.8 Å². The zero-order valence-electron chi connectivity index (χ0n) is 15.7. The standard InChI is InChI=1S/C19H28N2O4/c1-11-7-6-8-16(12(11)2)20-18(23)14(4)25-19(24)17-9-15(13(3)22)10-21(17)5/h9-12,14,16H,6-8H2,1-5H3,(H,20,23)/t11-,12-,14-,16+/m1/s1. The fourth-order valence-electron chi connectivity index (χ4n) is 3.32. The van der Waals surface area contributed by atoms with Gasteiger partial charge in [-0.25, -0.2) is 4.79 Å². The monoisotopic (exact) mass is 348 g/mol. The summed E-state index contributed by atoms with van der Waals surface area (Å²) < 4.78 is 6.83. The SMILES string of the molecule is CC(=O)c1cc(C(=O)O[C@H](C)C(=O)N[C@H]2CCC[C@@H](C)[C@H]2C)n(C)c1. The number of rotatable bonds is 5. The summed E-state index contributed by atoms with van der Waals surface area (Å²) in [4.78, 5) is 36.1. The van der Waals surface area contributed by atoms with E-state index in [4.69, 9.17) is 4.74 Å². The Morgan fingerprint density at radius 2 is 1.96 bits per heavy atom. The molecule has 1 fully saturated rings. The number of aryl methyl sites for hydroxylation is 1. The van der Waals surface area contributed by atoms with E-state index in [-0.39, 0.29) is 23.4 Å².